The van der Waals surface area contributed by atoms with Gasteiger partial charge in [-0.2, -0.15) is 0 Å². The third kappa shape index (κ3) is 1.94. The molecule has 0 aliphatic carbocycles. The summed E-state index contributed by atoms with van der Waals surface area (Å²) in [5.74, 6) is 0. The lowest BCUT2D eigenvalue weighted by Gasteiger charge is -1.98. The van der Waals surface area contributed by atoms with E-state index < -0.39 is 7.80 Å². The number of hydrogen-bond donors (Lipinski definition) is 0. The largest absolute Gasteiger partial charge is 0.316 e. The predicted molar refractivity (Wildman–Crippen MR) is 91.9 cm³/mol. The zero-order valence-electron chi connectivity index (χ0n) is 10.5. The third-order valence-electron chi connectivity index (χ3n) is 3.31. The van der Waals surface area contributed by atoms with Gasteiger partial charge in [0.2, 0.25) is 0 Å². The molecule has 4 rings (SSSR count). The summed E-state index contributed by atoms with van der Waals surface area (Å²) in [5, 5.41) is 2.22. The Hall–Kier alpha value is -1.41. The number of benzene rings is 2. The van der Waals surface area contributed by atoms with Crippen LogP contribution in [-0.4, -0.2) is 0 Å². The molecule has 0 saturated carbocycles. The molecule has 20 heavy (non-hydrogen) atoms. The van der Waals surface area contributed by atoms with Crippen molar-refractivity contribution in [3.8, 4) is 0 Å². The van der Waals surface area contributed by atoms with Crippen LogP contribution in [0.1, 0.15) is 0 Å². The fourth-order valence-corrected chi connectivity index (χ4v) is 6.81. The van der Waals surface area contributed by atoms with E-state index in [2.05, 4.69) is 30.3 Å². The minimum Gasteiger partial charge on any atom is -0.316 e. The van der Waals surface area contributed by atoms with E-state index in [1.54, 1.807) is 22.7 Å². The summed E-state index contributed by atoms with van der Waals surface area (Å²) in [7, 11) is -1.87. The van der Waals surface area contributed by atoms with Gasteiger partial charge in [0.15, 0.2) is 0 Å². The van der Waals surface area contributed by atoms with Crippen molar-refractivity contribution in [3.05, 3.63) is 60.7 Å². The Kier molecular flexibility index (Phi) is 2.99. The first-order chi connectivity index (χ1) is 9.83. The highest BCUT2D eigenvalue weighted by Gasteiger charge is 2.14. The fraction of sp³-hybridized carbons (Fsp3) is 0. The maximum absolute atomic E-state index is 12.7. The fourth-order valence-electron chi connectivity index (χ4n) is 2.34. The van der Waals surface area contributed by atoms with Crippen molar-refractivity contribution < 1.29 is 4.57 Å². The van der Waals surface area contributed by atoms with Crippen LogP contribution in [0.4, 0.5) is 0 Å². The second-order valence-electron chi connectivity index (χ2n) is 4.60. The van der Waals surface area contributed by atoms with E-state index in [1.807, 2.05) is 30.3 Å². The first-order valence-corrected chi connectivity index (χ1v) is 9.38. The smallest absolute Gasteiger partial charge is 0.141 e. The number of rotatable bonds is 2. The van der Waals surface area contributed by atoms with Crippen LogP contribution < -0.4 is 9.92 Å². The monoisotopic (exact) mass is 314 g/mol. The Morgan fingerprint density at radius 2 is 1.55 bits per heavy atom. The number of thiophene rings is 2. The van der Waals surface area contributed by atoms with Crippen LogP contribution in [0, 0.1) is 0 Å². The van der Waals surface area contributed by atoms with Crippen molar-refractivity contribution >= 4 is 59.9 Å². The van der Waals surface area contributed by atoms with Crippen molar-refractivity contribution in [2.75, 3.05) is 0 Å². The van der Waals surface area contributed by atoms with Crippen LogP contribution in [-0.2, 0) is 4.57 Å². The summed E-state index contributed by atoms with van der Waals surface area (Å²) >= 11 is 3.46. The van der Waals surface area contributed by atoms with Crippen LogP contribution in [0.5, 0.6) is 0 Å². The average Bonchev–Trinajstić information content (AvgIpc) is 3.05. The molecule has 4 heteroatoms. The lowest BCUT2D eigenvalue weighted by molar-refractivity contribution is 0.598. The van der Waals surface area contributed by atoms with Gasteiger partial charge < -0.3 is 4.57 Å². The van der Waals surface area contributed by atoms with Crippen LogP contribution in [0.25, 0.3) is 19.5 Å². The standard InChI is InChI=1S/C16H11OPS2/c17-18(11-6-2-1-3-7-11)15-10-14-16(20-15)12-8-4-5-9-13(12)19-14/h1-10,18H. The molecule has 1 unspecified atom stereocenters. The first kappa shape index (κ1) is 12.3. The molecular weight excluding hydrogens is 303 g/mol. The van der Waals surface area contributed by atoms with Gasteiger partial charge in [0, 0.05) is 20.1 Å². The molecule has 2 aromatic carbocycles. The topological polar surface area (TPSA) is 17.1 Å². The van der Waals surface area contributed by atoms with Crippen LogP contribution in [0.3, 0.4) is 0 Å². The first-order valence-electron chi connectivity index (χ1n) is 6.34. The van der Waals surface area contributed by atoms with Crippen LogP contribution in [0.15, 0.2) is 60.7 Å². The van der Waals surface area contributed by atoms with E-state index in [-0.39, 0.29) is 0 Å². The number of hydrogen-bond acceptors (Lipinski definition) is 3. The average molecular weight is 314 g/mol. The molecule has 0 saturated heterocycles. The molecular formula is C16H11OPS2. The van der Waals surface area contributed by atoms with E-state index in [4.69, 9.17) is 0 Å². The van der Waals surface area contributed by atoms with Gasteiger partial charge in [-0.3, -0.25) is 0 Å². The molecule has 98 valence electrons. The summed E-state index contributed by atoms with van der Waals surface area (Å²) in [6.07, 6.45) is 0. The Labute approximate surface area is 125 Å². The van der Waals surface area contributed by atoms with E-state index in [0.717, 1.165) is 9.92 Å². The van der Waals surface area contributed by atoms with Crippen molar-refractivity contribution in [2.45, 2.75) is 0 Å². The van der Waals surface area contributed by atoms with Gasteiger partial charge >= 0.3 is 0 Å². The summed E-state index contributed by atoms with van der Waals surface area (Å²) in [5.41, 5.74) is 0. The van der Waals surface area contributed by atoms with Crippen molar-refractivity contribution in [3.63, 3.8) is 0 Å². The lowest BCUT2D eigenvalue weighted by Crippen LogP contribution is -2.01. The summed E-state index contributed by atoms with van der Waals surface area (Å²) in [6.45, 7) is 0. The molecule has 2 heterocycles. The van der Waals surface area contributed by atoms with Gasteiger partial charge in [0.1, 0.15) is 7.80 Å². The Balaban J connectivity index is 1.87. The minimum atomic E-state index is -1.87. The molecule has 0 spiro atoms. The highest BCUT2D eigenvalue weighted by atomic mass is 32.1. The van der Waals surface area contributed by atoms with E-state index in [9.17, 15) is 4.57 Å². The van der Waals surface area contributed by atoms with Crippen LogP contribution in [0.2, 0.25) is 0 Å². The Morgan fingerprint density at radius 3 is 2.40 bits per heavy atom. The maximum Gasteiger partial charge on any atom is 0.141 e. The SMILES string of the molecule is O=[PH](c1ccccc1)c1cc2sc3ccccc3c2s1. The lowest BCUT2D eigenvalue weighted by atomic mass is 10.2. The molecule has 4 aromatic rings. The molecule has 1 nitrogen and oxygen atoms in total. The molecule has 2 aromatic heterocycles. The predicted octanol–water partition coefficient (Wildman–Crippen LogP) is 4.63. The molecule has 0 aliphatic rings. The zero-order valence-corrected chi connectivity index (χ0v) is 13.1. The second-order valence-corrected chi connectivity index (χ2v) is 8.87. The molecule has 0 amide bonds. The van der Waals surface area contributed by atoms with Gasteiger partial charge in [-0.05, 0) is 12.1 Å². The molecule has 0 fully saturated rings. The van der Waals surface area contributed by atoms with Gasteiger partial charge in [0.05, 0.1) is 9.32 Å². The van der Waals surface area contributed by atoms with Crippen molar-refractivity contribution in [2.24, 2.45) is 0 Å². The summed E-state index contributed by atoms with van der Waals surface area (Å²) in [4.78, 5) is 0. The van der Waals surface area contributed by atoms with Gasteiger partial charge in [-0.1, -0.05) is 48.5 Å². The van der Waals surface area contributed by atoms with Gasteiger partial charge in [0.25, 0.3) is 0 Å². The Morgan fingerprint density at radius 1 is 0.800 bits per heavy atom. The number of fused-ring (bicyclic) bond motifs is 3. The Bertz CT molecular complexity index is 921. The zero-order chi connectivity index (χ0) is 13.5. The molecule has 0 bridgehead atoms. The molecule has 0 N–H and O–H groups in total. The molecule has 0 radical (unpaired) electrons. The molecule has 0 aliphatic heterocycles. The van der Waals surface area contributed by atoms with E-state index >= 15 is 0 Å². The molecule has 1 atom stereocenters. The minimum absolute atomic E-state index is 0.940. The summed E-state index contributed by atoms with van der Waals surface area (Å²) < 4.78 is 17.5. The third-order valence-corrected chi connectivity index (χ3v) is 7.85. The highest BCUT2D eigenvalue weighted by molar-refractivity contribution is 7.69. The normalized spacial score (nSPS) is 13.0. The second kappa shape index (κ2) is 4.85. The van der Waals surface area contributed by atoms with Crippen molar-refractivity contribution in [1.29, 1.82) is 0 Å². The maximum atomic E-state index is 12.7. The van der Waals surface area contributed by atoms with E-state index in [1.165, 1.54) is 19.5 Å². The highest BCUT2D eigenvalue weighted by Crippen LogP contribution is 2.39. The van der Waals surface area contributed by atoms with Gasteiger partial charge in [-0.25, -0.2) is 0 Å². The van der Waals surface area contributed by atoms with Crippen molar-refractivity contribution in [1.82, 2.24) is 0 Å². The quantitative estimate of drug-likeness (QED) is 0.493. The summed E-state index contributed by atoms with van der Waals surface area (Å²) in [6, 6.07) is 20.3. The van der Waals surface area contributed by atoms with Crippen LogP contribution >= 0.6 is 30.5 Å². The van der Waals surface area contributed by atoms with E-state index in [0.29, 0.717) is 0 Å². The van der Waals surface area contributed by atoms with Gasteiger partial charge in [-0.15, -0.1) is 22.7 Å².